The van der Waals surface area contributed by atoms with E-state index in [0.717, 1.165) is 29.3 Å². The standard InChI is InChI=1S/C17H18N6/c1-3-13-10-16(23(2)12-14-11-18-8-9-19-14)22-17(21-13)15-6-4-5-7-20-15/h4-11H,3,12H2,1-2H3. The summed E-state index contributed by atoms with van der Waals surface area (Å²) >= 11 is 0. The summed E-state index contributed by atoms with van der Waals surface area (Å²) in [6, 6.07) is 7.74. The predicted molar refractivity (Wildman–Crippen MR) is 88.8 cm³/mol. The third kappa shape index (κ3) is 3.66. The molecule has 0 aliphatic heterocycles. The molecule has 116 valence electrons. The lowest BCUT2D eigenvalue weighted by Gasteiger charge is -2.18. The minimum Gasteiger partial charge on any atom is -0.354 e. The van der Waals surface area contributed by atoms with Gasteiger partial charge in [0.05, 0.1) is 18.4 Å². The van der Waals surface area contributed by atoms with Gasteiger partial charge in [0.25, 0.3) is 0 Å². The Balaban J connectivity index is 1.92. The second kappa shape index (κ2) is 6.91. The molecule has 0 aliphatic carbocycles. The van der Waals surface area contributed by atoms with Crippen molar-refractivity contribution < 1.29 is 0 Å². The first-order valence-electron chi connectivity index (χ1n) is 7.51. The van der Waals surface area contributed by atoms with Gasteiger partial charge >= 0.3 is 0 Å². The molecule has 0 bridgehead atoms. The van der Waals surface area contributed by atoms with Gasteiger partial charge in [-0.25, -0.2) is 9.97 Å². The summed E-state index contributed by atoms with van der Waals surface area (Å²) in [7, 11) is 1.98. The van der Waals surface area contributed by atoms with Gasteiger partial charge in [0.2, 0.25) is 0 Å². The van der Waals surface area contributed by atoms with Crippen molar-refractivity contribution in [3.63, 3.8) is 0 Å². The Morgan fingerprint density at radius 1 is 1.00 bits per heavy atom. The normalized spacial score (nSPS) is 10.5. The Bertz CT molecular complexity index is 761. The average molecular weight is 306 g/mol. The van der Waals surface area contributed by atoms with Crippen LogP contribution in [-0.2, 0) is 13.0 Å². The minimum absolute atomic E-state index is 0.635. The zero-order valence-corrected chi connectivity index (χ0v) is 13.2. The third-order valence-corrected chi connectivity index (χ3v) is 3.43. The van der Waals surface area contributed by atoms with Gasteiger partial charge in [0, 0.05) is 37.4 Å². The summed E-state index contributed by atoms with van der Waals surface area (Å²) < 4.78 is 0. The Morgan fingerprint density at radius 3 is 2.61 bits per heavy atom. The van der Waals surface area contributed by atoms with Gasteiger partial charge in [0.1, 0.15) is 11.5 Å². The van der Waals surface area contributed by atoms with E-state index in [0.29, 0.717) is 12.4 Å². The minimum atomic E-state index is 0.635. The van der Waals surface area contributed by atoms with Crippen LogP contribution in [0.4, 0.5) is 5.82 Å². The van der Waals surface area contributed by atoms with Crippen molar-refractivity contribution in [2.45, 2.75) is 19.9 Å². The molecular formula is C17H18N6. The van der Waals surface area contributed by atoms with Crippen molar-refractivity contribution in [2.75, 3.05) is 11.9 Å². The van der Waals surface area contributed by atoms with E-state index >= 15 is 0 Å². The molecule has 23 heavy (non-hydrogen) atoms. The second-order valence-corrected chi connectivity index (χ2v) is 5.16. The molecular weight excluding hydrogens is 288 g/mol. The van der Waals surface area contributed by atoms with Crippen molar-refractivity contribution in [2.24, 2.45) is 0 Å². The molecule has 3 heterocycles. The molecule has 6 heteroatoms. The van der Waals surface area contributed by atoms with E-state index in [2.05, 4.69) is 31.8 Å². The highest BCUT2D eigenvalue weighted by molar-refractivity contribution is 5.53. The topological polar surface area (TPSA) is 67.7 Å². The summed E-state index contributed by atoms with van der Waals surface area (Å²) in [4.78, 5) is 24.0. The Morgan fingerprint density at radius 2 is 1.91 bits per heavy atom. The van der Waals surface area contributed by atoms with Gasteiger partial charge in [-0.15, -0.1) is 0 Å². The highest BCUT2D eigenvalue weighted by Gasteiger charge is 2.11. The SMILES string of the molecule is CCc1cc(N(C)Cc2cnccn2)nc(-c2ccccn2)n1. The van der Waals surface area contributed by atoms with Crippen LogP contribution in [-0.4, -0.2) is 32.0 Å². The van der Waals surface area contributed by atoms with Gasteiger partial charge in [-0.05, 0) is 18.6 Å². The number of pyridine rings is 1. The molecule has 0 atom stereocenters. The first kappa shape index (κ1) is 15.0. The Hall–Kier alpha value is -2.89. The summed E-state index contributed by atoms with van der Waals surface area (Å²) in [6.45, 7) is 2.71. The summed E-state index contributed by atoms with van der Waals surface area (Å²) in [5.41, 5.74) is 2.66. The fraction of sp³-hybridized carbons (Fsp3) is 0.235. The summed E-state index contributed by atoms with van der Waals surface area (Å²) in [5, 5.41) is 0. The van der Waals surface area contributed by atoms with Gasteiger partial charge in [0.15, 0.2) is 5.82 Å². The number of hydrogen-bond acceptors (Lipinski definition) is 6. The molecule has 0 saturated heterocycles. The lowest BCUT2D eigenvalue weighted by molar-refractivity contribution is 0.846. The lowest BCUT2D eigenvalue weighted by Crippen LogP contribution is -2.19. The van der Waals surface area contributed by atoms with Crippen LogP contribution in [0.15, 0.2) is 49.1 Å². The Kier molecular flexibility index (Phi) is 4.52. The highest BCUT2D eigenvalue weighted by Crippen LogP contribution is 2.19. The number of rotatable bonds is 5. The van der Waals surface area contributed by atoms with Crippen LogP contribution < -0.4 is 4.90 Å². The first-order chi connectivity index (χ1) is 11.3. The van der Waals surface area contributed by atoms with Crippen molar-refractivity contribution >= 4 is 5.82 Å². The van der Waals surface area contributed by atoms with Crippen molar-refractivity contribution in [3.8, 4) is 11.5 Å². The van der Waals surface area contributed by atoms with Crippen LogP contribution in [0.25, 0.3) is 11.5 Å². The van der Waals surface area contributed by atoms with Crippen molar-refractivity contribution in [1.29, 1.82) is 0 Å². The number of anilines is 1. The van der Waals surface area contributed by atoms with E-state index in [-0.39, 0.29) is 0 Å². The molecule has 0 spiro atoms. The molecule has 0 aliphatic rings. The summed E-state index contributed by atoms with van der Waals surface area (Å²) in [6.07, 6.45) is 7.72. The van der Waals surface area contributed by atoms with Gasteiger partial charge in [-0.3, -0.25) is 15.0 Å². The first-order valence-corrected chi connectivity index (χ1v) is 7.51. The third-order valence-electron chi connectivity index (χ3n) is 3.43. The van der Waals surface area contributed by atoms with E-state index in [9.17, 15) is 0 Å². The quantitative estimate of drug-likeness (QED) is 0.721. The molecule has 3 rings (SSSR count). The second-order valence-electron chi connectivity index (χ2n) is 5.16. The monoisotopic (exact) mass is 306 g/mol. The average Bonchev–Trinajstić information content (AvgIpc) is 2.63. The van der Waals surface area contributed by atoms with E-state index < -0.39 is 0 Å². The number of nitrogens with zero attached hydrogens (tertiary/aromatic N) is 6. The molecule has 0 fully saturated rings. The van der Waals surface area contributed by atoms with Crippen LogP contribution in [0.2, 0.25) is 0 Å². The van der Waals surface area contributed by atoms with Gasteiger partial charge in [-0.2, -0.15) is 0 Å². The van der Waals surface area contributed by atoms with Gasteiger partial charge in [-0.1, -0.05) is 13.0 Å². The molecule has 0 aromatic carbocycles. The molecule has 6 nitrogen and oxygen atoms in total. The predicted octanol–water partition coefficient (Wildman–Crippen LogP) is 2.53. The molecule has 0 N–H and O–H groups in total. The zero-order chi connectivity index (χ0) is 16.1. The zero-order valence-electron chi connectivity index (χ0n) is 13.2. The number of hydrogen-bond donors (Lipinski definition) is 0. The molecule has 0 unspecified atom stereocenters. The van der Waals surface area contributed by atoms with E-state index in [1.54, 1.807) is 24.8 Å². The molecule has 0 saturated carbocycles. The summed E-state index contributed by atoms with van der Waals surface area (Å²) in [5.74, 6) is 1.49. The molecule has 3 aromatic heterocycles. The van der Waals surface area contributed by atoms with Crippen molar-refractivity contribution in [1.82, 2.24) is 24.9 Å². The molecule has 0 radical (unpaired) electrons. The van der Waals surface area contributed by atoms with Gasteiger partial charge < -0.3 is 4.90 Å². The van der Waals surface area contributed by atoms with Crippen LogP contribution in [0.5, 0.6) is 0 Å². The smallest absolute Gasteiger partial charge is 0.180 e. The lowest BCUT2D eigenvalue weighted by atomic mass is 10.2. The van der Waals surface area contributed by atoms with E-state index in [1.807, 2.05) is 36.2 Å². The van der Waals surface area contributed by atoms with Crippen LogP contribution in [0.3, 0.4) is 0 Å². The van der Waals surface area contributed by atoms with E-state index in [4.69, 9.17) is 0 Å². The molecule has 3 aromatic rings. The molecule has 0 amide bonds. The van der Waals surface area contributed by atoms with Crippen LogP contribution in [0, 0.1) is 0 Å². The maximum Gasteiger partial charge on any atom is 0.180 e. The highest BCUT2D eigenvalue weighted by atomic mass is 15.2. The fourth-order valence-electron chi connectivity index (χ4n) is 2.20. The maximum atomic E-state index is 4.65. The van der Waals surface area contributed by atoms with E-state index in [1.165, 1.54) is 0 Å². The fourth-order valence-corrected chi connectivity index (χ4v) is 2.20. The van der Waals surface area contributed by atoms with Crippen LogP contribution in [0.1, 0.15) is 18.3 Å². The number of aryl methyl sites for hydroxylation is 1. The maximum absolute atomic E-state index is 4.65. The van der Waals surface area contributed by atoms with Crippen molar-refractivity contribution in [3.05, 3.63) is 60.4 Å². The Labute approximate surface area is 135 Å². The largest absolute Gasteiger partial charge is 0.354 e. The van der Waals surface area contributed by atoms with Crippen LogP contribution >= 0.6 is 0 Å². The number of aromatic nitrogens is 5.